The number of allylic oxidation sites excluding steroid dienone is 1. The van der Waals surface area contributed by atoms with E-state index in [1.54, 1.807) is 7.11 Å². The van der Waals surface area contributed by atoms with E-state index < -0.39 is 0 Å². The lowest BCUT2D eigenvalue weighted by Crippen LogP contribution is -2.23. The molecule has 0 fully saturated rings. The second-order valence-corrected chi connectivity index (χ2v) is 5.37. The maximum absolute atomic E-state index is 5.57. The Hall–Kier alpha value is -1.28. The lowest BCUT2D eigenvalue weighted by molar-refractivity contribution is 0.410. The number of nitrogens with one attached hydrogen (secondary N) is 1. The number of benzene rings is 1. The molecule has 0 unspecified atom stereocenters. The second kappa shape index (κ2) is 7.34. The molecule has 0 aromatic heterocycles. The topological polar surface area (TPSA) is 21.3 Å². The smallest absolute Gasteiger partial charge is 0.129 e. The summed E-state index contributed by atoms with van der Waals surface area (Å²) in [7, 11) is 1.75. The summed E-state index contributed by atoms with van der Waals surface area (Å²) >= 11 is 0. The van der Waals surface area contributed by atoms with Crippen LogP contribution < -0.4 is 10.1 Å². The van der Waals surface area contributed by atoms with Crippen LogP contribution in [-0.4, -0.2) is 19.7 Å². The van der Waals surface area contributed by atoms with E-state index in [2.05, 4.69) is 58.1 Å². The van der Waals surface area contributed by atoms with Crippen LogP contribution >= 0.6 is 0 Å². The molecule has 0 radical (unpaired) electrons. The lowest BCUT2D eigenvalue weighted by atomic mass is 9.99. The normalized spacial score (nSPS) is 12.1. The first-order valence-electron chi connectivity index (χ1n) is 7.02. The summed E-state index contributed by atoms with van der Waals surface area (Å²) in [5, 5.41) is 3.43. The molecule has 19 heavy (non-hydrogen) atoms. The lowest BCUT2D eigenvalue weighted by Gasteiger charge is -2.14. The van der Waals surface area contributed by atoms with Crippen LogP contribution in [0.2, 0.25) is 0 Å². The van der Waals surface area contributed by atoms with Crippen LogP contribution in [0.4, 0.5) is 0 Å². The Kier molecular flexibility index (Phi) is 6.10. The molecule has 2 nitrogen and oxygen atoms in total. The average molecular weight is 261 g/mol. The highest BCUT2D eigenvalue weighted by atomic mass is 16.5. The summed E-state index contributed by atoms with van der Waals surface area (Å²) in [4.78, 5) is 0. The van der Waals surface area contributed by atoms with E-state index in [4.69, 9.17) is 4.74 Å². The third kappa shape index (κ3) is 4.39. The van der Waals surface area contributed by atoms with Gasteiger partial charge >= 0.3 is 0 Å². The molecule has 0 heterocycles. The minimum Gasteiger partial charge on any atom is -0.496 e. The minimum atomic E-state index is 0.546. The number of methoxy groups -OCH3 is 1. The quantitative estimate of drug-likeness (QED) is 0.778. The molecule has 0 bridgehead atoms. The second-order valence-electron chi connectivity index (χ2n) is 5.37. The predicted molar refractivity (Wildman–Crippen MR) is 83.9 cm³/mol. The molecule has 0 spiro atoms. The van der Waals surface area contributed by atoms with E-state index in [-0.39, 0.29) is 0 Å². The van der Waals surface area contributed by atoms with Gasteiger partial charge < -0.3 is 10.1 Å². The first kappa shape index (κ1) is 15.8. The van der Waals surface area contributed by atoms with Crippen LogP contribution in [-0.2, 0) is 0 Å². The van der Waals surface area contributed by atoms with Crippen molar-refractivity contribution in [3.05, 3.63) is 34.9 Å². The molecule has 0 aliphatic rings. The Labute approximate surface area is 117 Å². The summed E-state index contributed by atoms with van der Waals surface area (Å²) in [6.07, 6.45) is 3.32. The minimum absolute atomic E-state index is 0.546. The molecule has 0 aliphatic carbocycles. The molecule has 1 N–H and O–H groups in total. The van der Waals surface area contributed by atoms with Crippen LogP contribution in [0.1, 0.15) is 43.9 Å². The monoisotopic (exact) mass is 261 g/mol. The number of ether oxygens (including phenoxy) is 1. The van der Waals surface area contributed by atoms with E-state index in [1.807, 2.05) is 0 Å². The van der Waals surface area contributed by atoms with E-state index >= 15 is 0 Å². The molecule has 1 rings (SSSR count). The Bertz CT molecular complexity index is 447. The van der Waals surface area contributed by atoms with Crippen LogP contribution in [0, 0.1) is 13.8 Å². The standard InChI is InChI=1S/C17H27NO/c1-12(2)18-11-7-8-14(4)16-10-9-13(3)15(5)17(16)19-6/h8-10,12,18H,7,11H2,1-6H3/b14-8+. The first-order chi connectivity index (χ1) is 8.97. The summed E-state index contributed by atoms with van der Waals surface area (Å²) < 4.78 is 5.57. The predicted octanol–water partition coefficient (Wildman–Crippen LogP) is 4.10. The molecule has 0 saturated heterocycles. The van der Waals surface area contributed by atoms with E-state index in [1.165, 1.54) is 22.3 Å². The highest BCUT2D eigenvalue weighted by molar-refractivity contribution is 5.71. The SMILES string of the molecule is COc1c(/C(C)=C/CCNC(C)C)ccc(C)c1C. The average Bonchev–Trinajstić information content (AvgIpc) is 2.37. The van der Waals surface area contributed by atoms with E-state index in [9.17, 15) is 0 Å². The van der Waals surface area contributed by atoms with Gasteiger partial charge in [-0.05, 0) is 50.4 Å². The number of rotatable bonds is 6. The van der Waals surface area contributed by atoms with Crippen molar-refractivity contribution in [2.75, 3.05) is 13.7 Å². The maximum Gasteiger partial charge on any atom is 0.129 e. The summed E-state index contributed by atoms with van der Waals surface area (Å²) in [5.74, 6) is 1.01. The summed E-state index contributed by atoms with van der Waals surface area (Å²) in [6, 6.07) is 4.87. The Morgan fingerprint density at radius 1 is 1.32 bits per heavy atom. The molecule has 0 amide bonds. The van der Waals surface area contributed by atoms with Crippen molar-refractivity contribution in [2.45, 2.75) is 47.1 Å². The van der Waals surface area contributed by atoms with Gasteiger partial charge in [0.05, 0.1) is 7.11 Å². The first-order valence-corrected chi connectivity index (χ1v) is 7.02. The third-order valence-corrected chi connectivity index (χ3v) is 3.45. The van der Waals surface area contributed by atoms with Gasteiger partial charge in [0.2, 0.25) is 0 Å². The molecule has 106 valence electrons. The molecule has 0 saturated carbocycles. The fourth-order valence-corrected chi connectivity index (χ4v) is 2.13. The zero-order chi connectivity index (χ0) is 14.4. The van der Waals surface area contributed by atoms with Crippen molar-refractivity contribution >= 4 is 5.57 Å². The molecule has 0 aliphatic heterocycles. The van der Waals surface area contributed by atoms with Crippen LogP contribution in [0.15, 0.2) is 18.2 Å². The largest absolute Gasteiger partial charge is 0.496 e. The maximum atomic E-state index is 5.57. The zero-order valence-electron chi connectivity index (χ0n) is 13.1. The molecule has 1 aromatic carbocycles. The number of hydrogen-bond acceptors (Lipinski definition) is 2. The van der Waals surface area contributed by atoms with Crippen molar-refractivity contribution in [2.24, 2.45) is 0 Å². The highest BCUT2D eigenvalue weighted by Gasteiger charge is 2.09. The highest BCUT2D eigenvalue weighted by Crippen LogP contribution is 2.31. The summed E-state index contributed by atoms with van der Waals surface area (Å²) in [5.41, 5.74) is 4.99. The summed E-state index contributed by atoms with van der Waals surface area (Å²) in [6.45, 7) is 11.7. The van der Waals surface area contributed by atoms with Crippen molar-refractivity contribution in [1.82, 2.24) is 5.32 Å². The van der Waals surface area contributed by atoms with Crippen molar-refractivity contribution in [1.29, 1.82) is 0 Å². The molecule has 1 aromatic rings. The van der Waals surface area contributed by atoms with Crippen LogP contribution in [0.5, 0.6) is 5.75 Å². The Morgan fingerprint density at radius 3 is 2.58 bits per heavy atom. The van der Waals surface area contributed by atoms with Gasteiger partial charge in [-0.2, -0.15) is 0 Å². The third-order valence-electron chi connectivity index (χ3n) is 3.45. The fourth-order valence-electron chi connectivity index (χ4n) is 2.13. The number of aryl methyl sites for hydroxylation is 1. The Morgan fingerprint density at radius 2 is 2.00 bits per heavy atom. The van der Waals surface area contributed by atoms with Gasteiger partial charge in [-0.3, -0.25) is 0 Å². The van der Waals surface area contributed by atoms with E-state index in [0.29, 0.717) is 6.04 Å². The van der Waals surface area contributed by atoms with Crippen molar-refractivity contribution in [3.8, 4) is 5.75 Å². The molecule has 2 heteroatoms. The van der Waals surface area contributed by atoms with Gasteiger partial charge in [-0.1, -0.05) is 32.1 Å². The number of hydrogen-bond donors (Lipinski definition) is 1. The van der Waals surface area contributed by atoms with Crippen molar-refractivity contribution < 1.29 is 4.74 Å². The van der Waals surface area contributed by atoms with Gasteiger partial charge in [-0.15, -0.1) is 0 Å². The zero-order valence-corrected chi connectivity index (χ0v) is 13.1. The van der Waals surface area contributed by atoms with Crippen LogP contribution in [0.25, 0.3) is 5.57 Å². The Balaban J connectivity index is 2.84. The van der Waals surface area contributed by atoms with Gasteiger partial charge in [0.1, 0.15) is 5.75 Å². The van der Waals surface area contributed by atoms with Gasteiger partial charge in [0, 0.05) is 11.6 Å². The molecule has 0 atom stereocenters. The van der Waals surface area contributed by atoms with E-state index in [0.717, 1.165) is 18.7 Å². The van der Waals surface area contributed by atoms with Gasteiger partial charge in [-0.25, -0.2) is 0 Å². The molecular weight excluding hydrogens is 234 g/mol. The molecular formula is C17H27NO. The van der Waals surface area contributed by atoms with Crippen LogP contribution in [0.3, 0.4) is 0 Å². The fraction of sp³-hybridized carbons (Fsp3) is 0.529. The van der Waals surface area contributed by atoms with Gasteiger partial charge in [0.25, 0.3) is 0 Å². The van der Waals surface area contributed by atoms with Crippen molar-refractivity contribution in [3.63, 3.8) is 0 Å². The van der Waals surface area contributed by atoms with Gasteiger partial charge in [0.15, 0.2) is 0 Å².